The van der Waals surface area contributed by atoms with Crippen LogP contribution in [0.25, 0.3) is 0 Å². The molecule has 1 aromatic rings. The van der Waals surface area contributed by atoms with Crippen LogP contribution >= 0.6 is 11.3 Å². The van der Waals surface area contributed by atoms with Gasteiger partial charge in [0, 0.05) is 35.5 Å². The Kier molecular flexibility index (Phi) is 5.57. The predicted octanol–water partition coefficient (Wildman–Crippen LogP) is 3.70. The summed E-state index contributed by atoms with van der Waals surface area (Å²) in [6.07, 6.45) is 11.0. The second kappa shape index (κ2) is 7.86. The molecule has 0 spiro atoms. The monoisotopic (exact) mass is 348 g/mol. The summed E-state index contributed by atoms with van der Waals surface area (Å²) in [6, 6.07) is 5.84. The van der Waals surface area contributed by atoms with Crippen LogP contribution in [0.15, 0.2) is 17.5 Å². The number of hydrogen-bond acceptors (Lipinski definition) is 4. The highest BCUT2D eigenvalue weighted by Gasteiger charge is 2.38. The fourth-order valence-electron chi connectivity index (χ4n) is 5.23. The molecule has 2 N–H and O–H groups in total. The molecule has 2 aliphatic carbocycles. The first kappa shape index (κ1) is 17.0. The van der Waals surface area contributed by atoms with Crippen molar-refractivity contribution in [3.8, 4) is 0 Å². The van der Waals surface area contributed by atoms with E-state index < -0.39 is 0 Å². The molecule has 4 heteroatoms. The fourth-order valence-corrected chi connectivity index (χ4v) is 6.22. The first-order valence-electron chi connectivity index (χ1n) is 9.96. The van der Waals surface area contributed by atoms with Crippen LogP contribution in [-0.4, -0.2) is 38.4 Å². The average molecular weight is 349 g/mol. The van der Waals surface area contributed by atoms with Crippen LogP contribution in [0.3, 0.4) is 0 Å². The molecule has 4 rings (SSSR count). The van der Waals surface area contributed by atoms with Gasteiger partial charge in [-0.2, -0.15) is 0 Å². The van der Waals surface area contributed by atoms with E-state index in [9.17, 15) is 0 Å². The molecule has 0 bridgehead atoms. The van der Waals surface area contributed by atoms with Gasteiger partial charge in [-0.15, -0.1) is 11.3 Å². The minimum absolute atomic E-state index is 0.399. The molecule has 0 radical (unpaired) electrons. The molecule has 24 heavy (non-hydrogen) atoms. The van der Waals surface area contributed by atoms with E-state index >= 15 is 0 Å². The van der Waals surface area contributed by atoms with Gasteiger partial charge >= 0.3 is 0 Å². The molecule has 0 amide bonds. The van der Waals surface area contributed by atoms with Crippen molar-refractivity contribution in [2.45, 2.75) is 68.9 Å². The third-order valence-corrected chi connectivity index (χ3v) is 7.71. The topological polar surface area (TPSA) is 33.3 Å². The molecule has 1 saturated heterocycles. The van der Waals surface area contributed by atoms with E-state index in [4.69, 9.17) is 4.74 Å². The molecule has 3 aliphatic rings. The van der Waals surface area contributed by atoms with Crippen molar-refractivity contribution < 1.29 is 4.74 Å². The lowest BCUT2D eigenvalue weighted by atomic mass is 9.72. The van der Waals surface area contributed by atoms with Gasteiger partial charge in [0.05, 0.1) is 13.2 Å². The lowest BCUT2D eigenvalue weighted by Gasteiger charge is -2.39. The lowest BCUT2D eigenvalue weighted by Crippen LogP contribution is -2.52. The molecule has 0 aromatic carbocycles. The van der Waals surface area contributed by atoms with E-state index in [0.717, 1.165) is 25.7 Å². The summed E-state index contributed by atoms with van der Waals surface area (Å²) in [5, 5.41) is 10.00. The van der Waals surface area contributed by atoms with E-state index in [-0.39, 0.29) is 0 Å². The van der Waals surface area contributed by atoms with Crippen molar-refractivity contribution in [2.75, 3.05) is 26.3 Å². The predicted molar refractivity (Wildman–Crippen MR) is 101 cm³/mol. The maximum atomic E-state index is 5.73. The van der Waals surface area contributed by atoms with Crippen LogP contribution in [0, 0.1) is 5.92 Å². The van der Waals surface area contributed by atoms with Crippen LogP contribution in [0.1, 0.15) is 56.2 Å². The third kappa shape index (κ3) is 3.57. The van der Waals surface area contributed by atoms with Gasteiger partial charge in [-0.25, -0.2) is 0 Å². The Hall–Kier alpha value is -0.420. The quantitative estimate of drug-likeness (QED) is 0.851. The molecule has 2 saturated carbocycles. The van der Waals surface area contributed by atoms with Gasteiger partial charge in [0.2, 0.25) is 0 Å². The van der Waals surface area contributed by atoms with E-state index in [1.807, 2.05) is 11.3 Å². The van der Waals surface area contributed by atoms with Crippen molar-refractivity contribution in [1.82, 2.24) is 10.6 Å². The Morgan fingerprint density at radius 1 is 1.21 bits per heavy atom. The first-order chi connectivity index (χ1) is 11.9. The van der Waals surface area contributed by atoms with Gasteiger partial charge in [0.15, 0.2) is 0 Å². The van der Waals surface area contributed by atoms with Gasteiger partial charge < -0.3 is 15.4 Å². The molecular formula is C20H32N2OS. The standard InChI is InChI=1S/C20H32N2OS/c1-2-9-20(10-3-1,19-8-5-13-24-19)15-22-17-7-4-6-16(17)18-14-23-12-11-21-18/h5,8,13,16-18,21-22H,1-4,6-7,9-12,14-15H2. The number of rotatable bonds is 5. The molecular weight excluding hydrogens is 316 g/mol. The number of thiophene rings is 1. The molecule has 2 heterocycles. The summed E-state index contributed by atoms with van der Waals surface area (Å²) < 4.78 is 5.73. The van der Waals surface area contributed by atoms with Gasteiger partial charge in [-0.3, -0.25) is 0 Å². The van der Waals surface area contributed by atoms with Crippen molar-refractivity contribution in [2.24, 2.45) is 5.92 Å². The van der Waals surface area contributed by atoms with Crippen LogP contribution in [-0.2, 0) is 10.2 Å². The molecule has 3 nitrogen and oxygen atoms in total. The largest absolute Gasteiger partial charge is 0.379 e. The minimum Gasteiger partial charge on any atom is -0.379 e. The van der Waals surface area contributed by atoms with Crippen molar-refractivity contribution >= 4 is 11.3 Å². The second-order valence-corrected chi connectivity index (χ2v) is 8.98. The van der Waals surface area contributed by atoms with Crippen molar-refractivity contribution in [3.63, 3.8) is 0 Å². The maximum absolute atomic E-state index is 5.73. The number of morpholine rings is 1. The van der Waals surface area contributed by atoms with E-state index in [2.05, 4.69) is 28.1 Å². The normalized spacial score (nSPS) is 33.6. The van der Waals surface area contributed by atoms with Crippen LogP contribution in [0.2, 0.25) is 0 Å². The van der Waals surface area contributed by atoms with Gasteiger partial charge in [0.25, 0.3) is 0 Å². The van der Waals surface area contributed by atoms with Gasteiger partial charge in [-0.1, -0.05) is 31.7 Å². The van der Waals surface area contributed by atoms with Crippen LogP contribution in [0.4, 0.5) is 0 Å². The summed E-state index contributed by atoms with van der Waals surface area (Å²) in [4.78, 5) is 1.61. The molecule has 3 fully saturated rings. The zero-order chi connectivity index (χ0) is 16.2. The third-order valence-electron chi connectivity index (χ3n) is 6.59. The van der Waals surface area contributed by atoms with Crippen molar-refractivity contribution in [1.29, 1.82) is 0 Å². The number of ether oxygens (including phenoxy) is 1. The Labute approximate surface area is 150 Å². The SMILES string of the molecule is c1csc(C2(CNC3CCCC3C3COCCN3)CCCCC2)c1. The Morgan fingerprint density at radius 2 is 2.12 bits per heavy atom. The lowest BCUT2D eigenvalue weighted by molar-refractivity contribution is 0.0519. The fraction of sp³-hybridized carbons (Fsp3) is 0.800. The van der Waals surface area contributed by atoms with Crippen LogP contribution in [0.5, 0.6) is 0 Å². The summed E-state index contributed by atoms with van der Waals surface area (Å²) in [5.41, 5.74) is 0.399. The smallest absolute Gasteiger partial charge is 0.0623 e. The Morgan fingerprint density at radius 3 is 2.88 bits per heavy atom. The molecule has 3 atom stereocenters. The highest BCUT2D eigenvalue weighted by molar-refractivity contribution is 7.10. The van der Waals surface area contributed by atoms with Crippen LogP contribution < -0.4 is 10.6 Å². The maximum Gasteiger partial charge on any atom is 0.0623 e. The molecule has 134 valence electrons. The first-order valence-corrected chi connectivity index (χ1v) is 10.8. The highest BCUT2D eigenvalue weighted by atomic mass is 32.1. The van der Waals surface area contributed by atoms with E-state index in [1.54, 1.807) is 4.88 Å². The summed E-state index contributed by atoms with van der Waals surface area (Å²) in [7, 11) is 0. The summed E-state index contributed by atoms with van der Waals surface area (Å²) in [6.45, 7) is 3.97. The Balaban J connectivity index is 1.41. The molecule has 1 aliphatic heterocycles. The van der Waals surface area contributed by atoms with Crippen molar-refractivity contribution in [3.05, 3.63) is 22.4 Å². The number of hydrogen-bond donors (Lipinski definition) is 2. The zero-order valence-electron chi connectivity index (χ0n) is 14.8. The minimum atomic E-state index is 0.399. The van der Waals surface area contributed by atoms with Gasteiger partial charge in [-0.05, 0) is 43.0 Å². The average Bonchev–Trinajstić information content (AvgIpc) is 3.34. The van der Waals surface area contributed by atoms with Gasteiger partial charge in [0.1, 0.15) is 0 Å². The second-order valence-electron chi connectivity index (χ2n) is 8.04. The summed E-state index contributed by atoms with van der Waals surface area (Å²) in [5.74, 6) is 0.745. The Bertz CT molecular complexity index is 492. The highest BCUT2D eigenvalue weighted by Crippen LogP contribution is 2.41. The molecule has 1 aromatic heterocycles. The summed E-state index contributed by atoms with van der Waals surface area (Å²) >= 11 is 1.97. The van der Waals surface area contributed by atoms with E-state index in [0.29, 0.717) is 17.5 Å². The van der Waals surface area contributed by atoms with E-state index in [1.165, 1.54) is 57.9 Å². The molecule has 3 unspecified atom stereocenters. The zero-order valence-corrected chi connectivity index (χ0v) is 15.6. The number of nitrogens with one attached hydrogen (secondary N) is 2.